The molecule has 2 aromatic heterocycles. The Hall–Kier alpha value is -2.74. The Kier molecular flexibility index (Phi) is 5.60. The summed E-state index contributed by atoms with van der Waals surface area (Å²) in [6.45, 7) is 1.75. The number of nitrogen functional groups attached to an aromatic ring is 1. The van der Waals surface area contributed by atoms with E-state index in [2.05, 4.69) is 21.4 Å². The molecular weight excluding hydrogens is 427 g/mol. The van der Waals surface area contributed by atoms with E-state index in [4.69, 9.17) is 17.3 Å². The topological polar surface area (TPSA) is 68.8 Å². The van der Waals surface area contributed by atoms with Gasteiger partial charge in [0.15, 0.2) is 0 Å². The molecule has 3 N–H and O–H groups in total. The zero-order chi connectivity index (χ0) is 22.3. The van der Waals surface area contributed by atoms with E-state index >= 15 is 0 Å². The molecule has 31 heavy (non-hydrogen) atoms. The lowest BCUT2D eigenvalue weighted by Gasteiger charge is -2.18. The van der Waals surface area contributed by atoms with Gasteiger partial charge in [-0.05, 0) is 79.6 Å². The number of aromatic nitrogens is 3. The number of aryl methyl sites for hydroxylation is 1. The number of rotatable bonds is 4. The number of nitrogens with two attached hydrogens (primary N) is 1. The average Bonchev–Trinajstić information content (AvgIpc) is 3.04. The molecule has 1 aliphatic rings. The Labute approximate surface area is 183 Å². The van der Waals surface area contributed by atoms with E-state index in [9.17, 15) is 13.2 Å². The predicted molar refractivity (Wildman–Crippen MR) is 118 cm³/mol. The Bertz CT molecular complexity index is 1170. The number of benzene rings is 1. The van der Waals surface area contributed by atoms with Crippen LogP contribution in [-0.2, 0) is 13.2 Å². The van der Waals surface area contributed by atoms with Crippen LogP contribution in [0.2, 0.25) is 5.28 Å². The van der Waals surface area contributed by atoms with Gasteiger partial charge in [0, 0.05) is 18.4 Å². The van der Waals surface area contributed by atoms with E-state index in [1.807, 2.05) is 17.7 Å². The van der Waals surface area contributed by atoms with Gasteiger partial charge in [-0.1, -0.05) is 6.08 Å². The number of hydrogen-bond acceptors (Lipinski definition) is 4. The molecule has 0 aliphatic heterocycles. The molecule has 164 valence electrons. The maximum absolute atomic E-state index is 13.2. The Balaban J connectivity index is 1.73. The molecule has 1 atom stereocenters. The van der Waals surface area contributed by atoms with Crippen LogP contribution in [0.4, 0.5) is 24.7 Å². The number of hydrogen-bond donors (Lipinski definition) is 2. The number of fused-ring (bicyclic) bond motifs is 1. The predicted octanol–water partition coefficient (Wildman–Crippen LogP) is 6.35. The minimum absolute atomic E-state index is 0.0515. The molecule has 0 bridgehead atoms. The summed E-state index contributed by atoms with van der Waals surface area (Å²) in [6, 6.07) is 5.07. The van der Waals surface area contributed by atoms with Gasteiger partial charge in [0.2, 0.25) is 5.28 Å². The smallest absolute Gasteiger partial charge is 0.399 e. The third-order valence-corrected chi connectivity index (χ3v) is 5.81. The molecule has 3 aromatic rings. The molecule has 0 unspecified atom stereocenters. The fourth-order valence-electron chi connectivity index (χ4n) is 4.03. The van der Waals surface area contributed by atoms with E-state index in [1.54, 1.807) is 6.92 Å². The minimum atomic E-state index is -4.47. The second-order valence-corrected chi connectivity index (χ2v) is 8.23. The van der Waals surface area contributed by atoms with Gasteiger partial charge in [-0.15, -0.1) is 0 Å². The van der Waals surface area contributed by atoms with Gasteiger partial charge in [0.25, 0.3) is 0 Å². The summed E-state index contributed by atoms with van der Waals surface area (Å²) in [7, 11) is 1.93. The highest BCUT2D eigenvalue weighted by atomic mass is 35.5. The van der Waals surface area contributed by atoms with Gasteiger partial charge in [-0.25, -0.2) is 4.98 Å². The molecular formula is C22H23ClF3N5. The number of alkyl halides is 3. The Morgan fingerprint density at radius 2 is 1.94 bits per heavy atom. The number of anilines is 2. The second kappa shape index (κ2) is 8.07. The molecule has 0 spiro atoms. The Morgan fingerprint density at radius 1 is 1.16 bits per heavy atom. The van der Waals surface area contributed by atoms with Crippen molar-refractivity contribution in [2.75, 3.05) is 11.1 Å². The van der Waals surface area contributed by atoms with Crippen LogP contribution < -0.4 is 11.1 Å². The van der Waals surface area contributed by atoms with Gasteiger partial charge in [-0.3, -0.25) is 0 Å². The lowest BCUT2D eigenvalue weighted by Crippen LogP contribution is -2.12. The summed E-state index contributed by atoms with van der Waals surface area (Å²) in [5, 5.41) is 4.03. The number of allylic oxidation sites excluding steroid dienone is 2. The zero-order valence-corrected chi connectivity index (χ0v) is 18.0. The van der Waals surface area contributed by atoms with Crippen molar-refractivity contribution in [1.82, 2.24) is 14.5 Å². The summed E-state index contributed by atoms with van der Waals surface area (Å²) in [5.74, 6) is 0.469. The van der Waals surface area contributed by atoms with Crippen LogP contribution in [-0.4, -0.2) is 14.5 Å². The van der Waals surface area contributed by atoms with Crippen LogP contribution in [0.5, 0.6) is 0 Å². The quantitative estimate of drug-likeness (QED) is 0.359. The summed E-state index contributed by atoms with van der Waals surface area (Å²) >= 11 is 6.17. The maximum Gasteiger partial charge on any atom is 0.416 e. The van der Waals surface area contributed by atoms with Crippen molar-refractivity contribution in [3.63, 3.8) is 0 Å². The summed E-state index contributed by atoms with van der Waals surface area (Å²) in [6.07, 6.45) is 2.13. The molecule has 0 radical (unpaired) electrons. The summed E-state index contributed by atoms with van der Waals surface area (Å²) in [4.78, 5) is 8.69. The molecule has 1 aromatic carbocycles. The lowest BCUT2D eigenvalue weighted by molar-refractivity contribution is -0.137. The van der Waals surface area contributed by atoms with Gasteiger partial charge in [-0.2, -0.15) is 18.2 Å². The van der Waals surface area contributed by atoms with Gasteiger partial charge < -0.3 is 15.6 Å². The minimum Gasteiger partial charge on any atom is -0.399 e. The standard InChI is InChI=1S/C22H23ClF3N5/c1-12(14-8-15(22(24,25)26)10-16(27)9-14)28-19-17-11-18(13-6-4-3-5-7-13)31(2)20(17)30-21(23)29-19/h6,8-12H,3-5,7,27H2,1-2H3,(H,28,29,30)/t12-/m1/s1. The summed E-state index contributed by atoms with van der Waals surface area (Å²) in [5.41, 5.74) is 8.37. The van der Waals surface area contributed by atoms with Crippen LogP contribution in [0.1, 0.15) is 55.5 Å². The van der Waals surface area contributed by atoms with Crippen LogP contribution in [0.25, 0.3) is 16.6 Å². The summed E-state index contributed by atoms with van der Waals surface area (Å²) < 4.78 is 41.6. The number of nitrogens with zero attached hydrogens (tertiary/aromatic N) is 3. The molecule has 9 heteroatoms. The van der Waals surface area contributed by atoms with Gasteiger partial charge >= 0.3 is 6.18 Å². The highest BCUT2D eigenvalue weighted by molar-refractivity contribution is 6.28. The number of halogens is 4. The molecule has 5 nitrogen and oxygen atoms in total. The molecule has 0 saturated heterocycles. The SMILES string of the molecule is C[C@@H](Nc1nc(Cl)nc2c1cc(C1=CCCCC1)n2C)c1cc(N)cc(C(F)(F)F)c1. The zero-order valence-electron chi connectivity index (χ0n) is 17.2. The van der Waals surface area contributed by atoms with E-state index in [0.29, 0.717) is 17.0 Å². The van der Waals surface area contributed by atoms with Crippen LogP contribution in [0.15, 0.2) is 30.3 Å². The molecule has 0 fully saturated rings. The van der Waals surface area contributed by atoms with E-state index in [1.165, 1.54) is 18.1 Å². The molecule has 1 aliphatic carbocycles. The largest absolute Gasteiger partial charge is 0.416 e. The van der Waals surface area contributed by atoms with Gasteiger partial charge in [0.05, 0.1) is 17.0 Å². The third-order valence-electron chi connectivity index (χ3n) is 5.64. The first-order valence-electron chi connectivity index (χ1n) is 10.1. The third kappa shape index (κ3) is 4.35. The van der Waals surface area contributed by atoms with E-state index in [-0.39, 0.29) is 11.0 Å². The first-order chi connectivity index (χ1) is 14.6. The molecule has 2 heterocycles. The average molecular weight is 450 g/mol. The van der Waals surface area contributed by atoms with Crippen molar-refractivity contribution >= 4 is 39.7 Å². The highest BCUT2D eigenvalue weighted by Gasteiger charge is 2.31. The number of nitrogens with one attached hydrogen (secondary N) is 1. The second-order valence-electron chi connectivity index (χ2n) is 7.89. The van der Waals surface area contributed by atoms with Crippen LogP contribution in [0, 0.1) is 0 Å². The fraction of sp³-hybridized carbons (Fsp3) is 0.364. The van der Waals surface area contributed by atoms with Crippen LogP contribution in [0.3, 0.4) is 0 Å². The molecule has 4 rings (SSSR count). The molecule has 0 amide bonds. The monoisotopic (exact) mass is 449 g/mol. The van der Waals surface area contributed by atoms with Crippen molar-refractivity contribution in [3.8, 4) is 0 Å². The molecule has 0 saturated carbocycles. The van der Waals surface area contributed by atoms with Crippen molar-refractivity contribution < 1.29 is 13.2 Å². The van der Waals surface area contributed by atoms with Gasteiger partial charge in [0.1, 0.15) is 11.5 Å². The highest BCUT2D eigenvalue weighted by Crippen LogP contribution is 2.36. The van der Waals surface area contributed by atoms with E-state index < -0.39 is 17.8 Å². The lowest BCUT2D eigenvalue weighted by atomic mass is 9.97. The first kappa shape index (κ1) is 21.5. The van der Waals surface area contributed by atoms with Crippen LogP contribution >= 0.6 is 11.6 Å². The van der Waals surface area contributed by atoms with Crippen molar-refractivity contribution in [2.24, 2.45) is 7.05 Å². The van der Waals surface area contributed by atoms with Crippen molar-refractivity contribution in [1.29, 1.82) is 0 Å². The Morgan fingerprint density at radius 3 is 2.61 bits per heavy atom. The first-order valence-corrected chi connectivity index (χ1v) is 10.5. The fourth-order valence-corrected chi connectivity index (χ4v) is 4.20. The maximum atomic E-state index is 13.2. The van der Waals surface area contributed by atoms with Crippen molar-refractivity contribution in [3.05, 3.63) is 52.4 Å². The van der Waals surface area contributed by atoms with E-state index in [0.717, 1.165) is 42.5 Å². The normalized spacial score (nSPS) is 15.7. The van der Waals surface area contributed by atoms with Crippen molar-refractivity contribution in [2.45, 2.75) is 44.8 Å².